The highest BCUT2D eigenvalue weighted by molar-refractivity contribution is 9.10. The van der Waals surface area contributed by atoms with Gasteiger partial charge in [-0.2, -0.15) is 13.2 Å². The van der Waals surface area contributed by atoms with Crippen LogP contribution in [0.4, 0.5) is 13.2 Å². The number of halogens is 4. The molecule has 0 bridgehead atoms. The van der Waals surface area contributed by atoms with E-state index in [0.29, 0.717) is 4.83 Å². The van der Waals surface area contributed by atoms with E-state index >= 15 is 0 Å². The predicted molar refractivity (Wildman–Crippen MR) is 105 cm³/mol. The normalized spacial score (nSPS) is 13.5. The number of hydrogen-bond acceptors (Lipinski definition) is 4. The summed E-state index contributed by atoms with van der Waals surface area (Å²) < 4.78 is 42.6. The molecule has 0 saturated heterocycles. The Labute approximate surface area is 169 Å². The maximum Gasteiger partial charge on any atom is 0.416 e. The molecule has 3 aromatic rings. The van der Waals surface area contributed by atoms with Crippen LogP contribution in [-0.2, 0) is 13.2 Å². The molecule has 10 heteroatoms. The van der Waals surface area contributed by atoms with Crippen molar-refractivity contribution < 1.29 is 18.3 Å². The fourth-order valence-electron chi connectivity index (χ4n) is 3.04. The summed E-state index contributed by atoms with van der Waals surface area (Å²) in [6.45, 7) is 3.52. The van der Waals surface area contributed by atoms with Crippen molar-refractivity contribution in [1.82, 2.24) is 9.13 Å². The Balaban J connectivity index is 2.34. The summed E-state index contributed by atoms with van der Waals surface area (Å²) in [6, 6.07) is 4.43. The monoisotopic (exact) mass is 476 g/mol. The molecule has 1 atom stereocenters. The molecule has 150 valence electrons. The fourth-order valence-corrected chi connectivity index (χ4v) is 5.31. The van der Waals surface area contributed by atoms with Gasteiger partial charge < -0.3 is 5.11 Å². The van der Waals surface area contributed by atoms with Crippen molar-refractivity contribution in [3.63, 3.8) is 0 Å². The molecule has 0 spiro atoms. The summed E-state index contributed by atoms with van der Waals surface area (Å²) >= 11 is 4.18. The number of aromatic nitrogens is 2. The van der Waals surface area contributed by atoms with E-state index in [9.17, 15) is 27.9 Å². The van der Waals surface area contributed by atoms with Crippen LogP contribution >= 0.6 is 27.3 Å². The second kappa shape index (κ2) is 7.16. The van der Waals surface area contributed by atoms with Crippen LogP contribution in [0, 0.1) is 0 Å². The Morgan fingerprint density at radius 2 is 1.79 bits per heavy atom. The lowest BCUT2D eigenvalue weighted by Crippen LogP contribution is -2.38. The minimum atomic E-state index is -4.64. The Morgan fingerprint density at radius 3 is 2.36 bits per heavy atom. The lowest BCUT2D eigenvalue weighted by atomic mass is 10.0. The Kier molecular flexibility index (Phi) is 5.32. The first kappa shape index (κ1) is 20.8. The summed E-state index contributed by atoms with van der Waals surface area (Å²) in [4.78, 5) is 25.5. The third-order valence-corrected chi connectivity index (χ3v) is 6.74. The van der Waals surface area contributed by atoms with E-state index in [4.69, 9.17) is 0 Å². The number of aliphatic hydroxyl groups is 1. The molecule has 1 N–H and O–H groups in total. The van der Waals surface area contributed by atoms with Crippen LogP contribution in [0.15, 0.2) is 38.3 Å². The molecule has 0 aliphatic rings. The molecule has 0 aliphatic carbocycles. The number of thiophene rings is 1. The van der Waals surface area contributed by atoms with E-state index in [1.807, 2.05) is 0 Å². The number of fused-ring (bicyclic) bond motifs is 1. The molecule has 0 aliphatic heterocycles. The van der Waals surface area contributed by atoms with E-state index in [1.54, 1.807) is 13.8 Å². The molecule has 2 heterocycles. The maximum absolute atomic E-state index is 13.4. The van der Waals surface area contributed by atoms with Gasteiger partial charge in [-0.05, 0) is 41.4 Å². The number of benzene rings is 1. The zero-order chi connectivity index (χ0) is 21.0. The molecule has 1 aromatic carbocycles. The average molecular weight is 477 g/mol. The lowest BCUT2D eigenvalue weighted by Gasteiger charge is -2.16. The van der Waals surface area contributed by atoms with Gasteiger partial charge in [-0.25, -0.2) is 4.79 Å². The largest absolute Gasteiger partial charge is 0.416 e. The minimum absolute atomic E-state index is 0.129. The molecule has 2 aromatic heterocycles. The van der Waals surface area contributed by atoms with Crippen LogP contribution in [0.2, 0.25) is 0 Å². The van der Waals surface area contributed by atoms with E-state index in [2.05, 4.69) is 15.9 Å². The third kappa shape index (κ3) is 3.23. The van der Waals surface area contributed by atoms with Gasteiger partial charge in [0.2, 0.25) is 0 Å². The average Bonchev–Trinajstić information content (AvgIpc) is 2.95. The quantitative estimate of drug-likeness (QED) is 0.615. The van der Waals surface area contributed by atoms with Crippen molar-refractivity contribution in [1.29, 1.82) is 0 Å². The summed E-state index contributed by atoms with van der Waals surface area (Å²) in [7, 11) is 1.34. The smallest absolute Gasteiger partial charge is 0.383 e. The first-order chi connectivity index (χ1) is 13.0. The number of alkyl halides is 3. The van der Waals surface area contributed by atoms with Crippen LogP contribution in [0.3, 0.4) is 0 Å². The molecule has 5 nitrogen and oxygen atoms in total. The molecule has 28 heavy (non-hydrogen) atoms. The van der Waals surface area contributed by atoms with Gasteiger partial charge in [0.15, 0.2) is 0 Å². The predicted octanol–water partition coefficient (Wildman–Crippen LogP) is 4.21. The minimum Gasteiger partial charge on any atom is -0.383 e. The first-order valence-electron chi connectivity index (χ1n) is 8.24. The van der Waals surface area contributed by atoms with Gasteiger partial charge in [-0.3, -0.25) is 13.9 Å². The second-order valence-corrected chi connectivity index (χ2v) is 8.38. The van der Waals surface area contributed by atoms with Crippen molar-refractivity contribution in [2.24, 2.45) is 7.05 Å². The topological polar surface area (TPSA) is 64.2 Å². The van der Waals surface area contributed by atoms with E-state index < -0.39 is 29.1 Å². The molecule has 0 fully saturated rings. The van der Waals surface area contributed by atoms with Crippen LogP contribution in [-0.4, -0.2) is 14.2 Å². The molecule has 0 saturated carbocycles. The van der Waals surface area contributed by atoms with Crippen LogP contribution in [0.1, 0.15) is 42.0 Å². The maximum atomic E-state index is 13.4. The van der Waals surface area contributed by atoms with Gasteiger partial charge in [0.25, 0.3) is 5.56 Å². The number of hydrogen-bond donors (Lipinski definition) is 1. The number of nitrogens with zero attached hydrogens (tertiary/aromatic N) is 2. The molecular formula is C18H16BrF3N2O3S. The molecule has 1 unspecified atom stereocenters. The number of rotatable bonds is 3. The van der Waals surface area contributed by atoms with Gasteiger partial charge in [0, 0.05) is 17.6 Å². The summed E-state index contributed by atoms with van der Waals surface area (Å²) in [6.07, 6.45) is -6.26. The Bertz CT molecular complexity index is 1180. The second-order valence-electron chi connectivity index (χ2n) is 6.56. The fraction of sp³-hybridized carbons (Fsp3) is 0.333. The number of aliphatic hydroxyl groups excluding tert-OH is 1. The van der Waals surface area contributed by atoms with Crippen molar-refractivity contribution in [2.45, 2.75) is 32.2 Å². The lowest BCUT2D eigenvalue weighted by molar-refractivity contribution is -0.139. The molecule has 0 amide bonds. The van der Waals surface area contributed by atoms with Crippen molar-refractivity contribution in [3.05, 3.63) is 65.6 Å². The van der Waals surface area contributed by atoms with Gasteiger partial charge in [0.05, 0.1) is 15.8 Å². The Hall–Kier alpha value is -1.91. The SMILES string of the molecule is CC(C)n1c(=O)n(C)c(=O)c2c(Br)c(C(O)c3ccccc3C(F)(F)F)sc21. The molecule has 3 rings (SSSR count). The summed E-state index contributed by atoms with van der Waals surface area (Å²) in [5.41, 5.74) is -2.39. The van der Waals surface area contributed by atoms with Crippen LogP contribution in [0.5, 0.6) is 0 Å². The van der Waals surface area contributed by atoms with E-state index in [0.717, 1.165) is 22.0 Å². The summed E-state index contributed by atoms with van der Waals surface area (Å²) in [5.74, 6) is 0. The van der Waals surface area contributed by atoms with E-state index in [1.165, 1.54) is 29.8 Å². The van der Waals surface area contributed by atoms with Gasteiger partial charge >= 0.3 is 11.9 Å². The van der Waals surface area contributed by atoms with Crippen molar-refractivity contribution >= 4 is 37.5 Å². The Morgan fingerprint density at radius 1 is 1.18 bits per heavy atom. The standard InChI is InChI=1S/C18H16BrF3N2O3S/c1-8(2)24-16-11(15(26)23(3)17(24)27)12(19)14(28-16)13(25)9-6-4-5-7-10(9)18(20,21)22/h4-8,13,25H,1-3H3. The van der Waals surface area contributed by atoms with Crippen molar-refractivity contribution in [2.75, 3.05) is 0 Å². The highest BCUT2D eigenvalue weighted by Gasteiger charge is 2.36. The van der Waals surface area contributed by atoms with Gasteiger partial charge in [-0.1, -0.05) is 18.2 Å². The zero-order valence-corrected chi connectivity index (χ0v) is 17.4. The van der Waals surface area contributed by atoms with E-state index in [-0.39, 0.29) is 26.3 Å². The zero-order valence-electron chi connectivity index (χ0n) is 15.0. The molecule has 0 radical (unpaired) electrons. The highest BCUT2D eigenvalue weighted by atomic mass is 79.9. The summed E-state index contributed by atoms with van der Waals surface area (Å²) in [5, 5.41) is 10.9. The molecular weight excluding hydrogens is 461 g/mol. The van der Waals surface area contributed by atoms with Gasteiger partial charge in [-0.15, -0.1) is 11.3 Å². The van der Waals surface area contributed by atoms with Crippen LogP contribution in [0.25, 0.3) is 10.2 Å². The van der Waals surface area contributed by atoms with Crippen LogP contribution < -0.4 is 11.2 Å². The highest BCUT2D eigenvalue weighted by Crippen LogP contribution is 2.43. The van der Waals surface area contributed by atoms with Gasteiger partial charge in [0.1, 0.15) is 10.9 Å². The third-order valence-electron chi connectivity index (χ3n) is 4.41. The van der Waals surface area contributed by atoms with Crippen molar-refractivity contribution in [3.8, 4) is 0 Å². The first-order valence-corrected chi connectivity index (χ1v) is 9.85.